The lowest BCUT2D eigenvalue weighted by molar-refractivity contribution is -0.124. The molecule has 5 heteroatoms. The van der Waals surface area contributed by atoms with Crippen molar-refractivity contribution in [1.29, 1.82) is 0 Å². The van der Waals surface area contributed by atoms with Crippen molar-refractivity contribution in [2.75, 3.05) is 26.2 Å². The monoisotopic (exact) mass is 269 g/mol. The van der Waals surface area contributed by atoms with Crippen LogP contribution < -0.4 is 10.6 Å². The Hall–Kier alpha value is -0.680. The summed E-state index contributed by atoms with van der Waals surface area (Å²) in [6, 6.07) is -0.0748. The van der Waals surface area contributed by atoms with Crippen LogP contribution in [0.1, 0.15) is 32.1 Å². The zero-order valence-electron chi connectivity index (χ0n) is 11.4. The van der Waals surface area contributed by atoms with Gasteiger partial charge in [0, 0.05) is 32.1 Å². The molecule has 0 radical (unpaired) electrons. The molecule has 1 saturated carbocycles. The number of nitrogens with one attached hydrogen (secondary N) is 2. The van der Waals surface area contributed by atoms with Gasteiger partial charge in [0.05, 0.1) is 6.04 Å². The van der Waals surface area contributed by atoms with Crippen LogP contribution in [-0.4, -0.2) is 55.2 Å². The first-order chi connectivity index (χ1) is 9.20. The molecule has 0 aromatic heterocycles. The number of halogens is 1. The second-order valence-electron chi connectivity index (χ2n) is 6.34. The van der Waals surface area contributed by atoms with Gasteiger partial charge in [-0.25, -0.2) is 4.39 Å². The maximum atomic E-state index is 13.1. The molecule has 0 aromatic rings. The van der Waals surface area contributed by atoms with Crippen molar-refractivity contribution in [2.45, 2.75) is 50.4 Å². The van der Waals surface area contributed by atoms with Crippen molar-refractivity contribution in [3.63, 3.8) is 0 Å². The predicted octanol–water partition coefficient (Wildman–Crippen LogP) is 0.677. The van der Waals surface area contributed by atoms with E-state index < -0.39 is 6.17 Å². The van der Waals surface area contributed by atoms with Crippen LogP contribution in [0.3, 0.4) is 0 Å². The minimum atomic E-state index is -0.867. The zero-order valence-corrected chi connectivity index (χ0v) is 11.4. The van der Waals surface area contributed by atoms with Crippen molar-refractivity contribution in [2.24, 2.45) is 5.92 Å². The van der Waals surface area contributed by atoms with Crippen LogP contribution >= 0.6 is 0 Å². The summed E-state index contributed by atoms with van der Waals surface area (Å²) in [5, 5.41) is 6.04. The minimum absolute atomic E-state index is 0.0154. The number of piperidine rings is 1. The van der Waals surface area contributed by atoms with Gasteiger partial charge in [-0.15, -0.1) is 0 Å². The third kappa shape index (κ3) is 3.66. The van der Waals surface area contributed by atoms with Crippen LogP contribution in [-0.2, 0) is 4.79 Å². The summed E-state index contributed by atoms with van der Waals surface area (Å²) in [5.74, 6) is 0.886. The molecule has 2 heterocycles. The third-order valence-electron chi connectivity index (χ3n) is 4.46. The van der Waals surface area contributed by atoms with E-state index in [4.69, 9.17) is 0 Å². The maximum Gasteiger partial charge on any atom is 0.237 e. The van der Waals surface area contributed by atoms with Crippen LogP contribution in [0.2, 0.25) is 0 Å². The van der Waals surface area contributed by atoms with E-state index in [9.17, 15) is 9.18 Å². The summed E-state index contributed by atoms with van der Waals surface area (Å²) in [4.78, 5) is 14.5. The van der Waals surface area contributed by atoms with Crippen LogP contribution in [0.15, 0.2) is 0 Å². The predicted molar refractivity (Wildman–Crippen MR) is 71.6 cm³/mol. The average Bonchev–Trinajstić information content (AvgIpc) is 3.08. The van der Waals surface area contributed by atoms with Crippen molar-refractivity contribution in [3.8, 4) is 0 Å². The molecule has 3 aliphatic rings. The molecule has 0 aromatic carbocycles. The summed E-state index contributed by atoms with van der Waals surface area (Å²) in [6.45, 7) is 3.64. The van der Waals surface area contributed by atoms with E-state index in [2.05, 4.69) is 15.5 Å². The topological polar surface area (TPSA) is 44.4 Å². The normalized spacial score (nSPS) is 36.4. The van der Waals surface area contributed by atoms with Crippen LogP contribution in [0.4, 0.5) is 4.39 Å². The van der Waals surface area contributed by atoms with Crippen molar-refractivity contribution in [1.82, 2.24) is 15.5 Å². The number of carbonyl (C=O) groups excluding carboxylic acids is 1. The first kappa shape index (κ1) is 13.3. The lowest BCUT2D eigenvalue weighted by atomic mass is 10.0. The van der Waals surface area contributed by atoms with Gasteiger partial charge in [-0.3, -0.25) is 4.79 Å². The summed E-state index contributed by atoms with van der Waals surface area (Å²) in [6.07, 6.45) is 4.41. The van der Waals surface area contributed by atoms with Gasteiger partial charge in [-0.2, -0.15) is 0 Å². The quantitative estimate of drug-likeness (QED) is 0.789. The average molecular weight is 269 g/mol. The van der Waals surface area contributed by atoms with E-state index in [-0.39, 0.29) is 18.0 Å². The van der Waals surface area contributed by atoms with Gasteiger partial charge in [0.15, 0.2) is 0 Å². The molecule has 1 aliphatic carbocycles. The van der Waals surface area contributed by atoms with Crippen LogP contribution in [0.5, 0.6) is 0 Å². The number of alkyl halides is 1. The SMILES string of the molecule is O=C(N[C@@H]1CCCN(CC2CC2)C1)[C@@H]1C[C@@H](F)CN1. The molecular weight excluding hydrogens is 245 g/mol. The molecule has 3 rings (SSSR count). The Balaban J connectivity index is 1.44. The molecule has 3 atom stereocenters. The van der Waals surface area contributed by atoms with Gasteiger partial charge in [0.1, 0.15) is 6.17 Å². The Bertz CT molecular complexity index is 335. The maximum absolute atomic E-state index is 13.1. The highest BCUT2D eigenvalue weighted by Crippen LogP contribution is 2.30. The van der Waals surface area contributed by atoms with E-state index in [0.717, 1.165) is 31.8 Å². The van der Waals surface area contributed by atoms with Crippen molar-refractivity contribution >= 4 is 5.91 Å². The summed E-state index contributed by atoms with van der Waals surface area (Å²) in [5.41, 5.74) is 0. The van der Waals surface area contributed by atoms with Crippen molar-refractivity contribution < 1.29 is 9.18 Å². The fraction of sp³-hybridized carbons (Fsp3) is 0.929. The molecule has 2 N–H and O–H groups in total. The van der Waals surface area contributed by atoms with Crippen LogP contribution in [0, 0.1) is 5.92 Å². The Morgan fingerprint density at radius 3 is 2.89 bits per heavy atom. The molecule has 3 fully saturated rings. The molecule has 0 spiro atoms. The van der Waals surface area contributed by atoms with Gasteiger partial charge < -0.3 is 15.5 Å². The molecule has 19 heavy (non-hydrogen) atoms. The third-order valence-corrected chi connectivity index (χ3v) is 4.46. The van der Waals surface area contributed by atoms with E-state index >= 15 is 0 Å². The first-order valence-electron chi connectivity index (χ1n) is 7.61. The highest BCUT2D eigenvalue weighted by Gasteiger charge is 2.32. The van der Waals surface area contributed by atoms with Gasteiger partial charge in [0.2, 0.25) is 5.91 Å². The standard InChI is InChI=1S/C14H24FN3O/c15-11-6-13(16-7-11)14(19)17-12-2-1-5-18(9-12)8-10-3-4-10/h10-13,16H,1-9H2,(H,17,19)/t11-,12-,13+/m1/s1. The number of likely N-dealkylation sites (tertiary alicyclic amines) is 1. The highest BCUT2D eigenvalue weighted by molar-refractivity contribution is 5.82. The van der Waals surface area contributed by atoms with Crippen LogP contribution in [0.25, 0.3) is 0 Å². The zero-order chi connectivity index (χ0) is 13.2. The van der Waals surface area contributed by atoms with E-state index in [1.165, 1.54) is 19.4 Å². The van der Waals surface area contributed by atoms with E-state index in [1.807, 2.05) is 0 Å². The Labute approximate surface area is 114 Å². The molecule has 1 amide bonds. The van der Waals surface area contributed by atoms with Gasteiger partial charge in [-0.1, -0.05) is 0 Å². The molecule has 0 unspecified atom stereocenters. The van der Waals surface area contributed by atoms with Gasteiger partial charge in [-0.05, 0) is 38.1 Å². The molecule has 2 saturated heterocycles. The Morgan fingerprint density at radius 1 is 1.37 bits per heavy atom. The largest absolute Gasteiger partial charge is 0.351 e. The second-order valence-corrected chi connectivity index (χ2v) is 6.34. The van der Waals surface area contributed by atoms with Crippen molar-refractivity contribution in [3.05, 3.63) is 0 Å². The van der Waals surface area contributed by atoms with E-state index in [0.29, 0.717) is 13.0 Å². The summed E-state index contributed by atoms with van der Waals surface area (Å²) in [7, 11) is 0. The number of amides is 1. The summed E-state index contributed by atoms with van der Waals surface area (Å²) < 4.78 is 13.1. The Kier molecular flexibility index (Phi) is 4.03. The number of hydrogen-bond donors (Lipinski definition) is 2. The van der Waals surface area contributed by atoms with E-state index in [1.54, 1.807) is 0 Å². The Morgan fingerprint density at radius 2 is 2.21 bits per heavy atom. The number of hydrogen-bond acceptors (Lipinski definition) is 3. The molecule has 4 nitrogen and oxygen atoms in total. The lowest BCUT2D eigenvalue weighted by Gasteiger charge is -2.33. The fourth-order valence-corrected chi connectivity index (χ4v) is 3.20. The van der Waals surface area contributed by atoms with Gasteiger partial charge in [0.25, 0.3) is 0 Å². The second kappa shape index (κ2) is 5.75. The number of rotatable bonds is 4. The fourth-order valence-electron chi connectivity index (χ4n) is 3.20. The molecule has 108 valence electrons. The number of nitrogens with zero attached hydrogens (tertiary/aromatic N) is 1. The van der Waals surface area contributed by atoms with Gasteiger partial charge >= 0.3 is 0 Å². The minimum Gasteiger partial charge on any atom is -0.351 e. The first-order valence-corrected chi connectivity index (χ1v) is 7.61. The molecule has 0 bridgehead atoms. The smallest absolute Gasteiger partial charge is 0.237 e. The lowest BCUT2D eigenvalue weighted by Crippen LogP contribution is -2.52. The number of carbonyl (C=O) groups is 1. The molecular formula is C14H24FN3O. The molecule has 2 aliphatic heterocycles. The summed E-state index contributed by atoms with van der Waals surface area (Å²) >= 11 is 0. The highest BCUT2D eigenvalue weighted by atomic mass is 19.1.